The summed E-state index contributed by atoms with van der Waals surface area (Å²) in [6.45, 7) is 6.23. The Morgan fingerprint density at radius 3 is 2.40 bits per heavy atom. The topological polar surface area (TPSA) is 84.2 Å². The highest BCUT2D eigenvalue weighted by molar-refractivity contribution is 6.03. The Balaban J connectivity index is 1.76. The van der Waals surface area contributed by atoms with Gasteiger partial charge < -0.3 is 10.4 Å². The van der Waals surface area contributed by atoms with Crippen LogP contribution in [0.2, 0.25) is 0 Å². The fourth-order valence-electron chi connectivity index (χ4n) is 2.79. The van der Waals surface area contributed by atoms with Crippen molar-refractivity contribution >= 4 is 17.6 Å². The zero-order chi connectivity index (χ0) is 18.2. The first-order chi connectivity index (χ1) is 11.7. The van der Waals surface area contributed by atoms with E-state index in [1.165, 1.54) is 0 Å². The summed E-state index contributed by atoms with van der Waals surface area (Å²) >= 11 is 0. The van der Waals surface area contributed by atoms with E-state index in [9.17, 15) is 9.59 Å². The molecule has 132 valence electrons. The number of anilines is 1. The third-order valence-corrected chi connectivity index (χ3v) is 4.17. The van der Waals surface area contributed by atoms with Crippen LogP contribution in [0.5, 0.6) is 0 Å². The van der Waals surface area contributed by atoms with Crippen LogP contribution in [0.3, 0.4) is 0 Å². The van der Waals surface area contributed by atoms with Gasteiger partial charge in [-0.15, -0.1) is 0 Å². The van der Waals surface area contributed by atoms with Crippen LogP contribution in [0.15, 0.2) is 30.3 Å². The number of aliphatic carboxylic acids is 1. The van der Waals surface area contributed by atoms with E-state index in [0.29, 0.717) is 22.9 Å². The predicted octanol–water partition coefficient (Wildman–Crippen LogP) is 3.39. The molecule has 25 heavy (non-hydrogen) atoms. The lowest BCUT2D eigenvalue weighted by Crippen LogP contribution is -2.25. The number of carbonyl (C=O) groups is 2. The van der Waals surface area contributed by atoms with Gasteiger partial charge in [0.05, 0.1) is 12.0 Å². The van der Waals surface area contributed by atoms with Gasteiger partial charge in [-0.3, -0.25) is 14.3 Å². The lowest BCUT2D eigenvalue weighted by molar-refractivity contribution is -0.136. The molecule has 0 spiro atoms. The normalized spacial score (nSPS) is 14.4. The molecule has 1 fully saturated rings. The molecule has 1 saturated carbocycles. The monoisotopic (exact) mass is 341 g/mol. The van der Waals surface area contributed by atoms with Gasteiger partial charge in [0.15, 0.2) is 5.69 Å². The van der Waals surface area contributed by atoms with Crippen molar-refractivity contribution in [3.05, 3.63) is 47.3 Å². The summed E-state index contributed by atoms with van der Waals surface area (Å²) in [5.41, 5.74) is 2.67. The second-order valence-electron chi connectivity index (χ2n) is 7.53. The van der Waals surface area contributed by atoms with Gasteiger partial charge in [-0.05, 0) is 57.4 Å². The van der Waals surface area contributed by atoms with Gasteiger partial charge in [0.25, 0.3) is 5.91 Å². The fraction of sp³-hybridized carbons (Fsp3) is 0.421. The van der Waals surface area contributed by atoms with Crippen LogP contribution in [0, 0.1) is 0 Å². The van der Waals surface area contributed by atoms with Crippen LogP contribution >= 0.6 is 0 Å². The molecule has 1 aliphatic carbocycles. The maximum absolute atomic E-state index is 12.5. The quantitative estimate of drug-likeness (QED) is 0.873. The standard InChI is InChI=1S/C19H23N3O3/c1-19(2,3)22-16(13-6-7-13)11-15(21-22)18(25)20-14-8-4-12(5-9-14)10-17(23)24/h4-5,8-9,11,13H,6-7,10H2,1-3H3,(H,20,25)(H,23,24). The summed E-state index contributed by atoms with van der Waals surface area (Å²) in [7, 11) is 0. The van der Waals surface area contributed by atoms with E-state index in [2.05, 4.69) is 31.2 Å². The molecule has 0 bridgehead atoms. The summed E-state index contributed by atoms with van der Waals surface area (Å²) in [6.07, 6.45) is 2.26. The Kier molecular flexibility index (Phi) is 4.37. The number of carboxylic acid groups (broad SMARTS) is 1. The van der Waals surface area contributed by atoms with E-state index in [0.717, 1.165) is 18.5 Å². The molecule has 1 aromatic carbocycles. The molecule has 0 aliphatic heterocycles. The minimum Gasteiger partial charge on any atom is -0.481 e. The molecule has 2 N–H and O–H groups in total. The molecule has 1 aromatic heterocycles. The third kappa shape index (κ3) is 4.07. The number of hydrogen-bond acceptors (Lipinski definition) is 3. The van der Waals surface area contributed by atoms with Crippen molar-refractivity contribution in [3.63, 3.8) is 0 Å². The molecule has 0 saturated heterocycles. The molecular formula is C19H23N3O3. The highest BCUT2D eigenvalue weighted by Gasteiger charge is 2.32. The van der Waals surface area contributed by atoms with Crippen molar-refractivity contribution in [3.8, 4) is 0 Å². The Labute approximate surface area is 146 Å². The predicted molar refractivity (Wildman–Crippen MR) is 94.9 cm³/mol. The average molecular weight is 341 g/mol. The Morgan fingerprint density at radius 2 is 1.88 bits per heavy atom. The van der Waals surface area contributed by atoms with Crippen molar-refractivity contribution < 1.29 is 14.7 Å². The van der Waals surface area contributed by atoms with Crippen molar-refractivity contribution in [2.45, 2.75) is 51.5 Å². The number of nitrogens with one attached hydrogen (secondary N) is 1. The van der Waals surface area contributed by atoms with Gasteiger partial charge in [0.2, 0.25) is 0 Å². The number of benzene rings is 1. The molecule has 0 unspecified atom stereocenters. The van der Waals surface area contributed by atoms with E-state index in [1.54, 1.807) is 24.3 Å². The van der Waals surface area contributed by atoms with Gasteiger partial charge in [-0.1, -0.05) is 12.1 Å². The van der Waals surface area contributed by atoms with Crippen LogP contribution in [0.1, 0.15) is 61.3 Å². The largest absolute Gasteiger partial charge is 0.481 e. The molecule has 3 rings (SSSR count). The lowest BCUT2D eigenvalue weighted by Gasteiger charge is -2.22. The second kappa shape index (κ2) is 6.35. The van der Waals surface area contributed by atoms with Crippen molar-refractivity contribution in [2.24, 2.45) is 0 Å². The third-order valence-electron chi connectivity index (χ3n) is 4.17. The Hall–Kier alpha value is -2.63. The van der Waals surface area contributed by atoms with Crippen molar-refractivity contribution in [2.75, 3.05) is 5.32 Å². The minimum absolute atomic E-state index is 0.0328. The number of aromatic nitrogens is 2. The first kappa shape index (κ1) is 17.2. The molecule has 0 atom stereocenters. The first-order valence-electron chi connectivity index (χ1n) is 8.46. The summed E-state index contributed by atoms with van der Waals surface area (Å²) in [4.78, 5) is 23.2. The van der Waals surface area contributed by atoms with Gasteiger partial charge >= 0.3 is 5.97 Å². The zero-order valence-corrected chi connectivity index (χ0v) is 14.7. The SMILES string of the molecule is CC(C)(C)n1nc(C(=O)Nc2ccc(CC(=O)O)cc2)cc1C1CC1. The molecule has 6 nitrogen and oxygen atoms in total. The van der Waals surface area contributed by atoms with Crippen LogP contribution in [-0.2, 0) is 16.8 Å². The molecule has 1 aliphatic rings. The second-order valence-corrected chi connectivity index (χ2v) is 7.53. The number of hydrogen-bond donors (Lipinski definition) is 2. The van der Waals surface area contributed by atoms with Crippen LogP contribution in [0.25, 0.3) is 0 Å². The van der Waals surface area contributed by atoms with E-state index in [-0.39, 0.29) is 17.9 Å². The van der Waals surface area contributed by atoms with E-state index < -0.39 is 5.97 Å². The molecular weight excluding hydrogens is 318 g/mol. The van der Waals surface area contributed by atoms with Gasteiger partial charge in [-0.25, -0.2) is 0 Å². The smallest absolute Gasteiger partial charge is 0.307 e. The van der Waals surface area contributed by atoms with Gasteiger partial charge in [-0.2, -0.15) is 5.10 Å². The Bertz CT molecular complexity index is 796. The molecule has 6 heteroatoms. The van der Waals surface area contributed by atoms with Crippen LogP contribution in [0.4, 0.5) is 5.69 Å². The maximum Gasteiger partial charge on any atom is 0.307 e. The summed E-state index contributed by atoms with van der Waals surface area (Å²) in [5, 5.41) is 16.1. The number of rotatable bonds is 5. The maximum atomic E-state index is 12.5. The molecule has 0 radical (unpaired) electrons. The minimum atomic E-state index is -0.878. The summed E-state index contributed by atoms with van der Waals surface area (Å²) in [6, 6.07) is 8.70. The summed E-state index contributed by atoms with van der Waals surface area (Å²) < 4.78 is 1.95. The average Bonchev–Trinajstić information content (AvgIpc) is 3.25. The number of nitrogens with zero attached hydrogens (tertiary/aromatic N) is 2. The van der Waals surface area contributed by atoms with E-state index in [1.807, 2.05) is 10.7 Å². The number of amides is 1. The highest BCUT2D eigenvalue weighted by atomic mass is 16.4. The van der Waals surface area contributed by atoms with Crippen LogP contribution < -0.4 is 5.32 Å². The number of carbonyl (C=O) groups excluding carboxylic acids is 1. The van der Waals surface area contributed by atoms with Crippen LogP contribution in [-0.4, -0.2) is 26.8 Å². The molecule has 1 amide bonds. The van der Waals surface area contributed by atoms with Gasteiger partial charge in [0.1, 0.15) is 0 Å². The Morgan fingerprint density at radius 1 is 1.24 bits per heavy atom. The van der Waals surface area contributed by atoms with E-state index in [4.69, 9.17) is 5.11 Å². The van der Waals surface area contributed by atoms with Gasteiger partial charge in [0, 0.05) is 17.3 Å². The first-order valence-corrected chi connectivity index (χ1v) is 8.46. The summed E-state index contributed by atoms with van der Waals surface area (Å²) in [5.74, 6) is -0.628. The van der Waals surface area contributed by atoms with E-state index >= 15 is 0 Å². The van der Waals surface area contributed by atoms with Crippen molar-refractivity contribution in [1.82, 2.24) is 9.78 Å². The zero-order valence-electron chi connectivity index (χ0n) is 14.7. The molecule has 2 aromatic rings. The fourth-order valence-corrected chi connectivity index (χ4v) is 2.79. The molecule has 1 heterocycles. The highest BCUT2D eigenvalue weighted by Crippen LogP contribution is 2.41. The number of carboxylic acids is 1. The lowest BCUT2D eigenvalue weighted by atomic mass is 10.1. The van der Waals surface area contributed by atoms with Crippen molar-refractivity contribution in [1.29, 1.82) is 0 Å².